The van der Waals surface area contributed by atoms with Crippen molar-refractivity contribution in [3.8, 4) is 11.5 Å². The van der Waals surface area contributed by atoms with Crippen LogP contribution in [0.3, 0.4) is 0 Å². The van der Waals surface area contributed by atoms with E-state index in [2.05, 4.69) is 43.9 Å². The van der Waals surface area contributed by atoms with Crippen LogP contribution in [0.5, 0.6) is 11.5 Å². The molecule has 0 amide bonds. The van der Waals surface area contributed by atoms with E-state index < -0.39 is 0 Å². The van der Waals surface area contributed by atoms with Crippen LogP contribution in [0.2, 0.25) is 0 Å². The van der Waals surface area contributed by atoms with Crippen LogP contribution in [0.1, 0.15) is 50.3 Å². The molecule has 1 aliphatic carbocycles. The van der Waals surface area contributed by atoms with Gasteiger partial charge in [-0.2, -0.15) is 0 Å². The number of alkyl halides is 1. The first-order valence-corrected chi connectivity index (χ1v) is 11.7. The summed E-state index contributed by atoms with van der Waals surface area (Å²) >= 11 is 6.11. The summed E-state index contributed by atoms with van der Waals surface area (Å²) in [5, 5.41) is 0. The zero-order chi connectivity index (χ0) is 21.8. The summed E-state index contributed by atoms with van der Waals surface area (Å²) in [7, 11) is 0. The molecule has 1 unspecified atom stereocenters. The van der Waals surface area contributed by atoms with Gasteiger partial charge in [-0.3, -0.25) is 4.79 Å². The number of nitrogens with zero attached hydrogens (tertiary/aromatic N) is 1. The van der Waals surface area contributed by atoms with Crippen molar-refractivity contribution in [3.05, 3.63) is 53.1 Å². The second-order valence-electron chi connectivity index (χ2n) is 10.2. The number of carbonyl (C=O) groups is 1. The van der Waals surface area contributed by atoms with Gasteiger partial charge in [0, 0.05) is 30.6 Å². The molecule has 5 rings (SSSR count). The lowest BCUT2D eigenvalue weighted by Crippen LogP contribution is -2.42. The van der Waals surface area contributed by atoms with Crippen LogP contribution in [0, 0.1) is 5.41 Å². The van der Waals surface area contributed by atoms with Crippen LogP contribution in [0.15, 0.2) is 36.4 Å². The van der Waals surface area contributed by atoms with Crippen molar-refractivity contribution in [2.45, 2.75) is 57.9 Å². The number of ketones is 1. The van der Waals surface area contributed by atoms with E-state index in [0.29, 0.717) is 24.1 Å². The Morgan fingerprint density at radius 2 is 1.90 bits per heavy atom. The molecule has 2 aromatic carbocycles. The van der Waals surface area contributed by atoms with Crippen LogP contribution in [0.4, 0.5) is 5.69 Å². The van der Waals surface area contributed by atoms with Crippen molar-refractivity contribution in [3.63, 3.8) is 0 Å². The maximum Gasteiger partial charge on any atom is 0.231 e. The van der Waals surface area contributed by atoms with Gasteiger partial charge >= 0.3 is 0 Å². The summed E-state index contributed by atoms with van der Waals surface area (Å²) in [6.45, 7) is 7.97. The molecule has 1 fully saturated rings. The van der Waals surface area contributed by atoms with Crippen LogP contribution < -0.4 is 14.4 Å². The molecule has 5 heteroatoms. The molecule has 0 N–H and O–H groups in total. The third kappa shape index (κ3) is 3.59. The number of fused-ring (bicyclic) bond motifs is 2. The second kappa shape index (κ2) is 7.44. The highest BCUT2D eigenvalue weighted by Crippen LogP contribution is 2.51. The number of benzene rings is 2. The molecule has 0 spiro atoms. The number of hydrogen-bond acceptors (Lipinski definition) is 4. The molecule has 3 aliphatic rings. The smallest absolute Gasteiger partial charge is 0.231 e. The highest BCUT2D eigenvalue weighted by Gasteiger charge is 2.51. The Labute approximate surface area is 189 Å². The van der Waals surface area contributed by atoms with Crippen LogP contribution >= 0.6 is 11.6 Å². The van der Waals surface area contributed by atoms with E-state index >= 15 is 0 Å². The van der Waals surface area contributed by atoms with Gasteiger partial charge in [0.15, 0.2) is 11.5 Å². The predicted octanol–water partition coefficient (Wildman–Crippen LogP) is 5.27. The molecule has 2 heterocycles. The predicted molar refractivity (Wildman–Crippen MR) is 124 cm³/mol. The van der Waals surface area contributed by atoms with Crippen LogP contribution in [-0.4, -0.2) is 31.0 Å². The fourth-order valence-electron chi connectivity index (χ4n) is 5.22. The van der Waals surface area contributed by atoms with E-state index in [9.17, 15) is 4.79 Å². The summed E-state index contributed by atoms with van der Waals surface area (Å²) in [4.78, 5) is 15.8. The monoisotopic (exact) mass is 439 g/mol. The number of Topliss-reactive ketones (excluding diaryl/α,β-unsaturated/α-hetero) is 1. The van der Waals surface area contributed by atoms with Crippen molar-refractivity contribution in [1.29, 1.82) is 0 Å². The Morgan fingerprint density at radius 3 is 2.61 bits per heavy atom. The summed E-state index contributed by atoms with van der Waals surface area (Å²) in [6.07, 6.45) is 3.29. The standard InChI is InChI=1S/C26H30ClNO3/c1-25(2,3)23-14-18-12-17(4-6-20(18)28(23)11-10-27)13-24(29)26(8-9-26)19-5-7-21-22(15-19)31-16-30-21/h4-7,12,15,23H,8-11,13-14,16H2,1-3H3. The molecule has 2 aromatic rings. The summed E-state index contributed by atoms with van der Waals surface area (Å²) in [5.41, 5.74) is 4.58. The first-order valence-electron chi connectivity index (χ1n) is 11.2. The second-order valence-corrected chi connectivity index (χ2v) is 10.6. The fourth-order valence-corrected chi connectivity index (χ4v) is 5.40. The molecule has 4 nitrogen and oxygen atoms in total. The zero-order valence-electron chi connectivity index (χ0n) is 18.5. The Balaban J connectivity index is 1.36. The van der Waals surface area contributed by atoms with E-state index in [4.69, 9.17) is 21.1 Å². The quantitative estimate of drug-likeness (QED) is 0.574. The van der Waals surface area contributed by atoms with Crippen molar-refractivity contribution in [1.82, 2.24) is 0 Å². The van der Waals surface area contributed by atoms with E-state index in [1.54, 1.807) is 0 Å². The van der Waals surface area contributed by atoms with Gasteiger partial charge in [-0.15, -0.1) is 11.6 Å². The SMILES string of the molecule is CC(C)(C)C1Cc2cc(CC(=O)C3(c4ccc5c(c4)OCO5)CC3)ccc2N1CCCl. The zero-order valence-corrected chi connectivity index (χ0v) is 19.3. The minimum Gasteiger partial charge on any atom is -0.454 e. The lowest BCUT2D eigenvalue weighted by Gasteiger charge is -2.36. The largest absolute Gasteiger partial charge is 0.454 e. The average Bonchev–Trinajstić information content (AvgIpc) is 3.27. The minimum atomic E-state index is -0.363. The summed E-state index contributed by atoms with van der Waals surface area (Å²) in [5.74, 6) is 2.43. The molecule has 0 saturated heterocycles. The van der Waals surface area contributed by atoms with E-state index in [-0.39, 0.29) is 17.6 Å². The Morgan fingerprint density at radius 1 is 1.13 bits per heavy atom. The maximum atomic E-state index is 13.4. The number of ether oxygens (including phenoxy) is 2. The fraction of sp³-hybridized carbons (Fsp3) is 0.500. The Hall–Kier alpha value is -2.20. The van der Waals surface area contributed by atoms with Gasteiger partial charge in [-0.1, -0.05) is 39.0 Å². The molecule has 31 heavy (non-hydrogen) atoms. The third-order valence-corrected chi connectivity index (χ3v) is 7.31. The number of anilines is 1. The lowest BCUT2D eigenvalue weighted by molar-refractivity contribution is -0.120. The molecule has 1 atom stereocenters. The topological polar surface area (TPSA) is 38.8 Å². The number of hydrogen-bond donors (Lipinski definition) is 0. The Kier molecular flexibility index (Phi) is 4.97. The maximum absolute atomic E-state index is 13.4. The van der Waals surface area contributed by atoms with Crippen LogP contribution in [-0.2, 0) is 23.1 Å². The lowest BCUT2D eigenvalue weighted by atomic mass is 9.84. The highest BCUT2D eigenvalue weighted by atomic mass is 35.5. The van der Waals surface area contributed by atoms with Gasteiger partial charge in [-0.05, 0) is 59.6 Å². The van der Waals surface area contributed by atoms with Crippen molar-refractivity contribution in [2.75, 3.05) is 24.1 Å². The molecule has 0 aromatic heterocycles. The highest BCUT2D eigenvalue weighted by molar-refractivity contribution is 6.18. The number of halogens is 1. The van der Waals surface area contributed by atoms with Gasteiger partial charge in [0.1, 0.15) is 5.78 Å². The minimum absolute atomic E-state index is 0.165. The van der Waals surface area contributed by atoms with Gasteiger partial charge in [-0.25, -0.2) is 0 Å². The van der Waals surface area contributed by atoms with Crippen molar-refractivity contribution < 1.29 is 14.3 Å². The summed E-state index contributed by atoms with van der Waals surface area (Å²) < 4.78 is 11.0. The van der Waals surface area contributed by atoms with Crippen molar-refractivity contribution in [2.24, 2.45) is 5.41 Å². The molecule has 0 bridgehead atoms. The van der Waals surface area contributed by atoms with E-state index in [1.165, 1.54) is 11.3 Å². The third-order valence-electron chi connectivity index (χ3n) is 7.14. The van der Waals surface area contributed by atoms with E-state index in [1.807, 2.05) is 18.2 Å². The number of carbonyl (C=O) groups excluding carboxylic acids is 1. The molecular formula is C26H30ClNO3. The average molecular weight is 440 g/mol. The van der Waals surface area contributed by atoms with Crippen LogP contribution in [0.25, 0.3) is 0 Å². The molecular weight excluding hydrogens is 410 g/mol. The van der Waals surface area contributed by atoms with Gasteiger partial charge in [0.05, 0.1) is 5.41 Å². The number of rotatable bonds is 6. The summed E-state index contributed by atoms with van der Waals surface area (Å²) in [6, 6.07) is 12.9. The Bertz CT molecular complexity index is 1020. The van der Waals surface area contributed by atoms with Gasteiger partial charge in [0.25, 0.3) is 0 Å². The molecule has 164 valence electrons. The van der Waals surface area contributed by atoms with Gasteiger partial charge in [0.2, 0.25) is 6.79 Å². The normalized spacial score (nSPS) is 20.6. The van der Waals surface area contributed by atoms with E-state index in [0.717, 1.165) is 48.4 Å². The molecule has 1 saturated carbocycles. The first-order chi connectivity index (χ1) is 14.8. The van der Waals surface area contributed by atoms with Crippen molar-refractivity contribution >= 4 is 23.1 Å². The van der Waals surface area contributed by atoms with Gasteiger partial charge < -0.3 is 14.4 Å². The molecule has 0 radical (unpaired) electrons. The first kappa shape index (κ1) is 20.7. The molecule has 2 aliphatic heterocycles.